The molecule has 25 heavy (non-hydrogen) atoms. The van der Waals surface area contributed by atoms with Gasteiger partial charge in [0.05, 0.1) is 17.6 Å². The molecule has 1 aromatic carbocycles. The highest BCUT2D eigenvalue weighted by Gasteiger charge is 2.19. The maximum Gasteiger partial charge on any atom is 0.293 e. The van der Waals surface area contributed by atoms with Crippen molar-refractivity contribution in [3.63, 3.8) is 0 Å². The minimum absolute atomic E-state index is 0.0323. The summed E-state index contributed by atoms with van der Waals surface area (Å²) in [5.74, 6) is -0.664. The number of nitrogens with one attached hydrogen (secondary N) is 1. The zero-order valence-corrected chi connectivity index (χ0v) is 14.2. The molecule has 2 heterocycles. The van der Waals surface area contributed by atoms with E-state index < -0.39 is 5.56 Å². The Morgan fingerprint density at radius 2 is 1.96 bits per heavy atom. The molecule has 8 heteroatoms. The van der Waals surface area contributed by atoms with E-state index in [0.29, 0.717) is 22.3 Å². The minimum Gasteiger partial charge on any atom is -0.358 e. The average Bonchev–Trinajstić information content (AvgIpc) is 3.02. The lowest BCUT2D eigenvalue weighted by atomic mass is 10.1. The fourth-order valence-corrected chi connectivity index (χ4v) is 2.62. The Morgan fingerprint density at radius 1 is 1.28 bits per heavy atom. The Morgan fingerprint density at radius 3 is 2.56 bits per heavy atom. The summed E-state index contributed by atoms with van der Waals surface area (Å²) in [7, 11) is 1.50. The zero-order valence-electron chi connectivity index (χ0n) is 14.2. The number of aromatic nitrogens is 4. The molecule has 7 nitrogen and oxygen atoms in total. The number of halogens is 1. The number of carbonyl (C=O) groups excluding carboxylic acids is 1. The first kappa shape index (κ1) is 16.8. The highest BCUT2D eigenvalue weighted by Crippen LogP contribution is 2.23. The molecular weight excluding hydrogens is 325 g/mol. The predicted molar refractivity (Wildman–Crippen MR) is 91.2 cm³/mol. The van der Waals surface area contributed by atoms with Crippen LogP contribution < -0.4 is 10.9 Å². The number of likely N-dealkylation sites (N-methyl/N-ethyl adjacent to an activating group) is 1. The maximum absolute atomic E-state index is 13.2. The van der Waals surface area contributed by atoms with Crippen LogP contribution in [0.2, 0.25) is 0 Å². The summed E-state index contributed by atoms with van der Waals surface area (Å²) in [6, 6.07) is 5.69. The molecule has 0 bridgehead atoms. The number of rotatable bonds is 4. The van der Waals surface area contributed by atoms with Crippen molar-refractivity contribution < 1.29 is 9.18 Å². The molecule has 0 radical (unpaired) electrons. The summed E-state index contributed by atoms with van der Waals surface area (Å²) in [5.41, 5.74) is 1.12. The first-order valence-electron chi connectivity index (χ1n) is 7.87. The summed E-state index contributed by atoms with van der Waals surface area (Å²) < 4.78 is 15.8. The molecule has 0 spiro atoms. The molecule has 3 rings (SSSR count). The molecule has 0 aliphatic rings. The normalized spacial score (nSPS) is 11.2. The Kier molecular flexibility index (Phi) is 4.35. The van der Waals surface area contributed by atoms with Gasteiger partial charge in [0.25, 0.3) is 5.56 Å². The predicted octanol–water partition coefficient (Wildman–Crippen LogP) is 1.59. The first-order chi connectivity index (χ1) is 11.9. The van der Waals surface area contributed by atoms with Crippen molar-refractivity contribution in [2.45, 2.75) is 26.3 Å². The number of amides is 1. The zero-order chi connectivity index (χ0) is 18.1. The molecule has 0 saturated heterocycles. The van der Waals surface area contributed by atoms with E-state index in [2.05, 4.69) is 15.5 Å². The maximum atomic E-state index is 13.2. The van der Waals surface area contributed by atoms with Gasteiger partial charge in [0, 0.05) is 12.4 Å². The van der Waals surface area contributed by atoms with Crippen molar-refractivity contribution in [2.75, 3.05) is 7.05 Å². The van der Waals surface area contributed by atoms with Crippen LogP contribution in [-0.2, 0) is 11.3 Å². The highest BCUT2D eigenvalue weighted by molar-refractivity contribution is 5.82. The van der Waals surface area contributed by atoms with Crippen LogP contribution in [0, 0.1) is 5.82 Å². The number of fused-ring (bicyclic) bond motifs is 1. The van der Waals surface area contributed by atoms with Crippen molar-refractivity contribution >= 4 is 16.8 Å². The molecule has 0 unspecified atom stereocenters. The Bertz CT molecular complexity index is 989. The van der Waals surface area contributed by atoms with Gasteiger partial charge in [0.2, 0.25) is 5.91 Å². The molecular formula is C17H18FN5O2. The molecule has 0 fully saturated rings. The van der Waals surface area contributed by atoms with Gasteiger partial charge in [-0.15, -0.1) is 0 Å². The number of nitrogens with zero attached hydrogens (tertiary/aromatic N) is 4. The van der Waals surface area contributed by atoms with Crippen LogP contribution >= 0.6 is 0 Å². The number of hydrogen-bond acceptors (Lipinski definition) is 4. The first-order valence-corrected chi connectivity index (χ1v) is 7.87. The summed E-state index contributed by atoms with van der Waals surface area (Å²) in [6.07, 6.45) is 1.58. The molecule has 1 N–H and O–H groups in total. The van der Waals surface area contributed by atoms with Crippen molar-refractivity contribution in [2.24, 2.45) is 0 Å². The third-order valence-electron chi connectivity index (χ3n) is 3.90. The molecule has 3 aromatic rings. The summed E-state index contributed by atoms with van der Waals surface area (Å²) in [4.78, 5) is 24.6. The van der Waals surface area contributed by atoms with Gasteiger partial charge in [0.15, 0.2) is 0 Å². The van der Waals surface area contributed by atoms with Crippen LogP contribution in [-0.4, -0.2) is 32.5 Å². The molecule has 0 aliphatic carbocycles. The molecule has 130 valence electrons. The summed E-state index contributed by atoms with van der Waals surface area (Å²) in [5, 5.41) is 11.7. The number of hydrogen-bond donors (Lipinski definition) is 1. The summed E-state index contributed by atoms with van der Waals surface area (Å²) in [6.45, 7) is 3.72. The van der Waals surface area contributed by atoms with E-state index in [1.54, 1.807) is 18.3 Å². The van der Waals surface area contributed by atoms with Crippen LogP contribution in [0.25, 0.3) is 16.6 Å². The van der Waals surface area contributed by atoms with Crippen LogP contribution in [0.4, 0.5) is 4.39 Å². The molecule has 0 aliphatic heterocycles. The lowest BCUT2D eigenvalue weighted by molar-refractivity contribution is -0.121. The largest absolute Gasteiger partial charge is 0.358 e. The van der Waals surface area contributed by atoms with Gasteiger partial charge < -0.3 is 5.32 Å². The van der Waals surface area contributed by atoms with Gasteiger partial charge in [-0.05, 0) is 30.2 Å². The van der Waals surface area contributed by atoms with Gasteiger partial charge >= 0.3 is 0 Å². The monoisotopic (exact) mass is 343 g/mol. The van der Waals surface area contributed by atoms with Crippen LogP contribution in [0.1, 0.15) is 25.5 Å². The smallest absolute Gasteiger partial charge is 0.293 e. The van der Waals surface area contributed by atoms with Crippen LogP contribution in [0.3, 0.4) is 0 Å². The fourth-order valence-electron chi connectivity index (χ4n) is 2.62. The van der Waals surface area contributed by atoms with Gasteiger partial charge in [-0.2, -0.15) is 10.2 Å². The number of benzene rings is 1. The topological polar surface area (TPSA) is 81.8 Å². The van der Waals surface area contributed by atoms with Gasteiger partial charge in [-0.3, -0.25) is 9.59 Å². The Balaban J connectivity index is 2.29. The van der Waals surface area contributed by atoms with Gasteiger partial charge in [-0.1, -0.05) is 13.8 Å². The standard InChI is InChI=1S/C17H18FN5O2/c1-10(2)15-13-8-20-23(12-6-4-11(18)5-7-12)16(13)17(25)22(21-15)9-14(24)19-3/h4-8,10H,9H2,1-3H3,(H,19,24). The van der Waals surface area contributed by atoms with E-state index in [1.165, 1.54) is 23.9 Å². The summed E-state index contributed by atoms with van der Waals surface area (Å²) >= 11 is 0. The third kappa shape index (κ3) is 3.02. The van der Waals surface area contributed by atoms with Crippen molar-refractivity contribution in [3.05, 3.63) is 52.3 Å². The second kappa shape index (κ2) is 6.46. The van der Waals surface area contributed by atoms with Crippen LogP contribution in [0.5, 0.6) is 0 Å². The third-order valence-corrected chi connectivity index (χ3v) is 3.90. The van der Waals surface area contributed by atoms with Crippen molar-refractivity contribution in [1.82, 2.24) is 24.9 Å². The van der Waals surface area contributed by atoms with Crippen molar-refractivity contribution in [1.29, 1.82) is 0 Å². The highest BCUT2D eigenvalue weighted by atomic mass is 19.1. The SMILES string of the molecule is CNC(=O)Cn1nc(C(C)C)c2cnn(-c3ccc(F)cc3)c2c1=O. The Labute approximate surface area is 143 Å². The van der Waals surface area contributed by atoms with E-state index in [9.17, 15) is 14.0 Å². The second-order valence-corrected chi connectivity index (χ2v) is 5.97. The average molecular weight is 343 g/mol. The van der Waals surface area contributed by atoms with E-state index in [4.69, 9.17) is 0 Å². The second-order valence-electron chi connectivity index (χ2n) is 5.97. The quantitative estimate of drug-likeness (QED) is 0.780. The lowest BCUT2D eigenvalue weighted by Crippen LogP contribution is -2.33. The minimum atomic E-state index is -0.426. The molecule has 1 amide bonds. The van der Waals surface area contributed by atoms with Crippen LogP contribution in [0.15, 0.2) is 35.3 Å². The number of carbonyl (C=O) groups is 1. The fraction of sp³-hybridized carbons (Fsp3) is 0.294. The van der Waals surface area contributed by atoms with Gasteiger partial charge in [-0.25, -0.2) is 13.8 Å². The van der Waals surface area contributed by atoms with E-state index >= 15 is 0 Å². The van der Waals surface area contributed by atoms with E-state index in [1.807, 2.05) is 13.8 Å². The van der Waals surface area contributed by atoms with Crippen molar-refractivity contribution in [3.8, 4) is 5.69 Å². The Hall–Kier alpha value is -3.03. The lowest BCUT2D eigenvalue weighted by Gasteiger charge is -2.11. The van der Waals surface area contributed by atoms with E-state index in [-0.39, 0.29) is 24.2 Å². The van der Waals surface area contributed by atoms with E-state index in [0.717, 1.165) is 4.68 Å². The molecule has 0 atom stereocenters. The molecule has 2 aromatic heterocycles. The molecule has 0 saturated carbocycles. The van der Waals surface area contributed by atoms with Gasteiger partial charge in [0.1, 0.15) is 17.9 Å².